The predicted molar refractivity (Wildman–Crippen MR) is 269 cm³/mol. The number of ether oxygens (including phenoxy) is 4. The summed E-state index contributed by atoms with van der Waals surface area (Å²) < 4.78 is 48.3. The maximum atomic E-state index is 16.1. The molecule has 8 nitrogen and oxygen atoms in total. The second kappa shape index (κ2) is 18.7. The normalized spacial score (nSPS) is 32.1. The molecule has 2 aliphatic heterocycles. The van der Waals surface area contributed by atoms with Gasteiger partial charge in [0.15, 0.2) is 0 Å². The minimum atomic E-state index is -4.17. The SMILES string of the molecule is CC[Si](CC)(CC)O[C@H]1C[C@@]23OC([S][Sn]([c]4ccccc4)([c]4ccccc4)[c]4ccccc4)O[C@H]2C2[C@](C)(C(=O)CC(=C1C)C3(C)C)[C@@H](O[Si](CC)(CC)CC)C[C@H]1OC[C@@]21OC(C)=O. The third kappa shape index (κ3) is 7.79. The van der Waals surface area contributed by atoms with E-state index in [2.05, 4.69) is 160 Å². The molecule has 3 aliphatic carbocycles. The van der Waals surface area contributed by atoms with E-state index in [1.165, 1.54) is 17.7 Å². The molecule has 1 spiro atoms. The van der Waals surface area contributed by atoms with Crippen molar-refractivity contribution in [1.82, 2.24) is 0 Å². The molecule has 2 saturated heterocycles. The first-order chi connectivity index (χ1) is 31.0. The molecule has 3 aromatic carbocycles. The summed E-state index contributed by atoms with van der Waals surface area (Å²) in [6.45, 7) is 24.1. The zero-order valence-corrected chi connectivity index (χ0v) is 46.5. The Labute approximate surface area is 398 Å². The second-order valence-electron chi connectivity index (χ2n) is 20.4. The summed E-state index contributed by atoms with van der Waals surface area (Å²) in [4.78, 5) is 29.7. The van der Waals surface area contributed by atoms with E-state index in [1.807, 2.05) is 8.95 Å². The van der Waals surface area contributed by atoms with Gasteiger partial charge in [-0.3, -0.25) is 0 Å². The molecule has 5 aliphatic rings. The number of benzene rings is 3. The summed E-state index contributed by atoms with van der Waals surface area (Å²) in [6.07, 6.45) is -0.610. The number of carbonyl (C=O) groups excluding carboxylic acids is 2. The summed E-state index contributed by atoms with van der Waals surface area (Å²) >= 11 is -4.17. The number of carbonyl (C=O) groups is 2. The molecule has 0 N–H and O–H groups in total. The molecule has 0 radical (unpaired) electrons. The molecule has 2 bridgehead atoms. The molecule has 2 heterocycles. The number of Topliss-reactive ketones (excluding diaryl/α,β-unsaturated/α-hetero) is 1. The van der Waals surface area contributed by atoms with Crippen molar-refractivity contribution in [1.29, 1.82) is 0 Å². The molecule has 0 amide bonds. The first kappa shape index (κ1) is 49.3. The van der Waals surface area contributed by atoms with E-state index in [0.29, 0.717) is 12.8 Å². The van der Waals surface area contributed by atoms with Gasteiger partial charge in [-0.1, -0.05) is 0 Å². The molecule has 65 heavy (non-hydrogen) atoms. The molecular weight excluding hydrogens is 972 g/mol. The van der Waals surface area contributed by atoms with Crippen LogP contribution < -0.4 is 10.7 Å². The first-order valence-electron chi connectivity index (χ1n) is 24.6. The number of esters is 1. The molecule has 352 valence electrons. The second-order valence-corrected chi connectivity index (χ2v) is 45.4. The molecule has 9 atom stereocenters. The van der Waals surface area contributed by atoms with E-state index in [-0.39, 0.29) is 30.9 Å². The van der Waals surface area contributed by atoms with Gasteiger partial charge in [-0.15, -0.1) is 0 Å². The molecule has 12 heteroatoms. The summed E-state index contributed by atoms with van der Waals surface area (Å²) in [5.74, 6) is -0.902. The Morgan fingerprint density at radius 1 is 0.769 bits per heavy atom. The molecule has 4 fully saturated rings. The minimum absolute atomic E-state index is 0.114. The standard InChI is InChI=1S/C35H60O8SSi2.3C6H5.Sn/c1-12-45(13-2,14-3)42-25-20-35-30(39-31(44)41-35)29-33(11,26(37)18-24(22(25)7)32(35,9)10)27(43-46(15-4,16-5)17-6)19-28-34(29,21-38-28)40-23(8)36;3*1-2-4-6-5-3-1;/h25,27-31,44H,12-21H2,1-11H3;3*1-5H;/q;;;;+1/p-1/t25-,27-,28+,29?,30-,31?,33+,34-,35+;;;;/m0..../s1. The fraction of sp³-hybridized carbons (Fsp3) is 0.585. The van der Waals surface area contributed by atoms with E-state index in [9.17, 15) is 4.79 Å². The van der Waals surface area contributed by atoms with Crippen molar-refractivity contribution in [2.45, 2.75) is 173 Å². The first-order valence-corrected chi connectivity index (χ1v) is 38.3. The molecule has 8 rings (SSSR count). The Hall–Kier alpha value is -2.08. The van der Waals surface area contributed by atoms with E-state index >= 15 is 4.79 Å². The number of ketones is 1. The Morgan fingerprint density at radius 3 is 1.71 bits per heavy atom. The van der Waals surface area contributed by atoms with Crippen LogP contribution in [0, 0.1) is 16.7 Å². The molecule has 2 unspecified atom stereocenters. The van der Waals surface area contributed by atoms with Crippen molar-refractivity contribution in [3.05, 3.63) is 102 Å². The summed E-state index contributed by atoms with van der Waals surface area (Å²) in [7, 11) is -2.61. The predicted octanol–water partition coefficient (Wildman–Crippen LogP) is 10.1. The summed E-state index contributed by atoms with van der Waals surface area (Å²) in [5.41, 5.74) is -2.38. The van der Waals surface area contributed by atoms with Crippen LogP contribution in [0.1, 0.15) is 95.4 Å². The van der Waals surface area contributed by atoms with Gasteiger partial charge in [-0.2, -0.15) is 0 Å². The molecule has 3 aromatic rings. The van der Waals surface area contributed by atoms with E-state index in [4.69, 9.17) is 27.8 Å². The topological polar surface area (TPSA) is 89.5 Å². The molecule has 2 saturated carbocycles. The van der Waals surface area contributed by atoms with Crippen molar-refractivity contribution >= 4 is 65.1 Å². The molecular formula is C53H74O8SSi2Sn. The van der Waals surface area contributed by atoms with Crippen molar-refractivity contribution in [3.8, 4) is 0 Å². The average molecular weight is 1050 g/mol. The van der Waals surface area contributed by atoms with Gasteiger partial charge in [-0.25, -0.2) is 0 Å². The fourth-order valence-electron chi connectivity index (χ4n) is 13.1. The maximum absolute atomic E-state index is 16.1. The van der Waals surface area contributed by atoms with Gasteiger partial charge in [0.1, 0.15) is 0 Å². The van der Waals surface area contributed by atoms with Gasteiger partial charge in [-0.05, 0) is 0 Å². The Bertz CT molecular complexity index is 2110. The van der Waals surface area contributed by atoms with E-state index in [1.54, 1.807) is 0 Å². The third-order valence-corrected chi connectivity index (χ3v) is 46.9. The van der Waals surface area contributed by atoms with Crippen LogP contribution >= 0.6 is 8.95 Å². The molecule has 0 aromatic heterocycles. The number of fused-ring (bicyclic) bond motifs is 5. The van der Waals surface area contributed by atoms with Crippen LogP contribution in [0.15, 0.2) is 102 Å². The summed E-state index contributed by atoms with van der Waals surface area (Å²) in [6, 6.07) is 38.8. The van der Waals surface area contributed by atoms with Crippen LogP contribution in [-0.4, -0.2) is 93.2 Å². The zero-order valence-electron chi connectivity index (χ0n) is 40.9. The number of rotatable bonds is 16. The van der Waals surface area contributed by atoms with Gasteiger partial charge < -0.3 is 0 Å². The quantitative estimate of drug-likeness (QED) is 0.0791. The van der Waals surface area contributed by atoms with E-state index in [0.717, 1.165) is 47.4 Å². The number of hydrogen-bond donors (Lipinski definition) is 0. The van der Waals surface area contributed by atoms with Crippen LogP contribution in [0.25, 0.3) is 0 Å². The van der Waals surface area contributed by atoms with Crippen LogP contribution in [-0.2, 0) is 37.4 Å². The number of hydrogen-bond acceptors (Lipinski definition) is 9. The Kier molecular flexibility index (Phi) is 14.2. The van der Waals surface area contributed by atoms with Crippen molar-refractivity contribution in [2.75, 3.05) is 6.61 Å². The monoisotopic (exact) mass is 1050 g/mol. The Balaban J connectivity index is 1.40. The fourth-order valence-corrected chi connectivity index (χ4v) is 38.1. The van der Waals surface area contributed by atoms with Crippen molar-refractivity contribution < 1.29 is 37.4 Å². The Morgan fingerprint density at radius 2 is 1.26 bits per heavy atom. The summed E-state index contributed by atoms with van der Waals surface area (Å²) in [5, 5.41) is 0. The zero-order chi connectivity index (χ0) is 46.6. The van der Waals surface area contributed by atoms with Crippen LogP contribution in [0.2, 0.25) is 36.3 Å². The van der Waals surface area contributed by atoms with Gasteiger partial charge in [0.25, 0.3) is 0 Å². The van der Waals surface area contributed by atoms with Crippen LogP contribution in [0.4, 0.5) is 0 Å². The van der Waals surface area contributed by atoms with Crippen molar-refractivity contribution in [3.63, 3.8) is 0 Å². The van der Waals surface area contributed by atoms with Gasteiger partial charge in [0.05, 0.1) is 0 Å². The van der Waals surface area contributed by atoms with Gasteiger partial charge in [0.2, 0.25) is 0 Å². The third-order valence-electron chi connectivity index (χ3n) is 17.6. The van der Waals surface area contributed by atoms with Gasteiger partial charge >= 0.3 is 401 Å². The average Bonchev–Trinajstić information content (AvgIpc) is 3.67. The van der Waals surface area contributed by atoms with Crippen LogP contribution in [0.5, 0.6) is 0 Å². The van der Waals surface area contributed by atoms with Crippen molar-refractivity contribution in [2.24, 2.45) is 16.7 Å². The van der Waals surface area contributed by atoms with Gasteiger partial charge in [0, 0.05) is 0 Å². The van der Waals surface area contributed by atoms with Crippen LogP contribution in [0.3, 0.4) is 0 Å². The van der Waals surface area contributed by atoms with E-state index < -0.39 is 85.5 Å².